The molecule has 0 fully saturated rings. The molecular formula is C19H27NO2Sn2. The zero-order valence-electron chi connectivity index (χ0n) is 15.7. The van der Waals surface area contributed by atoms with Crippen LogP contribution in [-0.2, 0) is 9.53 Å². The molecule has 1 aromatic carbocycles. The maximum absolute atomic E-state index is 12.9. The van der Waals surface area contributed by atoms with Crippen LogP contribution in [0.3, 0.4) is 0 Å². The molecule has 0 aromatic heterocycles. The molecule has 0 saturated heterocycles. The van der Waals surface area contributed by atoms with Crippen LogP contribution in [0.5, 0.6) is 0 Å². The summed E-state index contributed by atoms with van der Waals surface area (Å²) in [6.45, 7) is 2.01. The van der Waals surface area contributed by atoms with E-state index in [1.54, 1.807) is 0 Å². The standard InChI is InChI=1S/C13H9NO2.6CH3.2Sn/c1-13-8-7-10(12(15)16-13)11(14-13)9-5-3-2-4-6-9;;;;;;;;/h2-6,10H,1H3;6*1H3;;. The number of rotatable bonds is 3. The van der Waals surface area contributed by atoms with Crippen molar-refractivity contribution in [2.75, 3.05) is 0 Å². The van der Waals surface area contributed by atoms with E-state index >= 15 is 0 Å². The van der Waals surface area contributed by atoms with Gasteiger partial charge in [-0.1, -0.05) is 0 Å². The summed E-state index contributed by atoms with van der Waals surface area (Å²) in [4.78, 5) is 32.4. The van der Waals surface area contributed by atoms with E-state index < -0.39 is 42.5 Å². The van der Waals surface area contributed by atoms with Crippen molar-refractivity contribution in [1.82, 2.24) is 0 Å². The first kappa shape index (κ1) is 18.5. The molecule has 0 spiro atoms. The number of ether oxygens (including phenoxy) is 1. The molecule has 3 aliphatic heterocycles. The van der Waals surface area contributed by atoms with Crippen molar-refractivity contribution < 1.29 is 9.53 Å². The minimum absolute atomic E-state index is 0.0905. The Balaban J connectivity index is 2.31. The number of fused-ring (bicyclic) bond motifs is 1. The fourth-order valence-electron chi connectivity index (χ4n) is 4.19. The Kier molecular flexibility index (Phi) is 4.51. The number of hydrogen-bond acceptors (Lipinski definition) is 3. The van der Waals surface area contributed by atoms with Gasteiger partial charge in [-0.3, -0.25) is 0 Å². The van der Waals surface area contributed by atoms with Gasteiger partial charge >= 0.3 is 154 Å². The van der Waals surface area contributed by atoms with Crippen molar-refractivity contribution in [3.8, 4) is 0 Å². The summed E-state index contributed by atoms with van der Waals surface area (Å²) in [6, 6.07) is 10.2. The van der Waals surface area contributed by atoms with Gasteiger partial charge in [0.1, 0.15) is 0 Å². The summed E-state index contributed by atoms with van der Waals surface area (Å²) in [5, 5.41) is 0. The second-order valence-electron chi connectivity index (χ2n) is 8.99. The zero-order valence-corrected chi connectivity index (χ0v) is 21.4. The molecule has 2 atom stereocenters. The van der Waals surface area contributed by atoms with E-state index in [1.807, 2.05) is 25.1 Å². The van der Waals surface area contributed by atoms with Crippen molar-refractivity contribution in [3.05, 3.63) is 43.1 Å². The third kappa shape index (κ3) is 3.00. The number of hydrogen-bond donors (Lipinski definition) is 0. The van der Waals surface area contributed by atoms with Crippen LogP contribution in [0, 0.1) is 5.92 Å². The molecule has 2 bridgehead atoms. The van der Waals surface area contributed by atoms with Gasteiger partial charge in [0.15, 0.2) is 0 Å². The Labute approximate surface area is 153 Å². The summed E-state index contributed by atoms with van der Waals surface area (Å²) in [5.41, 5.74) is 1.21. The molecule has 1 aromatic rings. The summed E-state index contributed by atoms with van der Waals surface area (Å²) in [7, 11) is 0. The Bertz CT molecular complexity index is 754. The monoisotopic (exact) mass is 541 g/mol. The van der Waals surface area contributed by atoms with Gasteiger partial charge in [0.25, 0.3) is 0 Å². The molecule has 128 valence electrons. The van der Waals surface area contributed by atoms with Crippen LogP contribution >= 0.6 is 0 Å². The van der Waals surface area contributed by atoms with Crippen molar-refractivity contribution >= 4 is 48.4 Å². The number of nitrogens with zero attached hydrogens (tertiary/aromatic N) is 1. The molecule has 3 aliphatic rings. The fourth-order valence-corrected chi connectivity index (χ4v) is 31.5. The number of carbonyl (C=O) groups excluding carboxylic acids is 1. The Morgan fingerprint density at radius 2 is 1.58 bits per heavy atom. The molecule has 24 heavy (non-hydrogen) atoms. The van der Waals surface area contributed by atoms with E-state index in [2.05, 4.69) is 41.8 Å². The molecule has 3 heterocycles. The van der Waals surface area contributed by atoms with Crippen molar-refractivity contribution in [2.45, 2.75) is 42.3 Å². The van der Waals surface area contributed by atoms with Crippen molar-refractivity contribution in [3.63, 3.8) is 0 Å². The first-order valence-corrected chi connectivity index (χ1v) is 28.6. The molecule has 3 nitrogen and oxygen atoms in total. The number of esters is 1. The Hall–Kier alpha value is -0.303. The van der Waals surface area contributed by atoms with E-state index in [4.69, 9.17) is 9.73 Å². The zero-order chi connectivity index (χ0) is 17.9. The summed E-state index contributed by atoms with van der Waals surface area (Å²) in [5.74, 6) is -0.358. The molecule has 0 saturated carbocycles. The third-order valence-corrected chi connectivity index (χ3v) is 19.4. The summed E-state index contributed by atoms with van der Waals surface area (Å²) in [6.07, 6.45) is 0. The molecule has 2 unspecified atom stereocenters. The topological polar surface area (TPSA) is 38.7 Å². The molecule has 0 N–H and O–H groups in total. The van der Waals surface area contributed by atoms with Gasteiger partial charge in [-0.25, -0.2) is 0 Å². The maximum atomic E-state index is 12.9. The van der Waals surface area contributed by atoms with E-state index in [1.165, 1.54) is 7.18 Å². The molecule has 5 heteroatoms. The predicted molar refractivity (Wildman–Crippen MR) is 105 cm³/mol. The van der Waals surface area contributed by atoms with E-state index in [0.29, 0.717) is 0 Å². The van der Waals surface area contributed by atoms with E-state index in [-0.39, 0.29) is 11.9 Å². The van der Waals surface area contributed by atoms with Gasteiger partial charge in [-0.05, 0) is 0 Å². The van der Waals surface area contributed by atoms with Crippen molar-refractivity contribution in [2.24, 2.45) is 10.9 Å². The molecule has 0 aliphatic carbocycles. The van der Waals surface area contributed by atoms with Crippen molar-refractivity contribution in [1.29, 1.82) is 0 Å². The van der Waals surface area contributed by atoms with Crippen LogP contribution in [0.25, 0.3) is 0 Å². The molecule has 0 radical (unpaired) electrons. The quantitative estimate of drug-likeness (QED) is 0.422. The van der Waals surface area contributed by atoms with Gasteiger partial charge in [0, 0.05) is 0 Å². The minimum atomic E-state index is -2.52. The van der Waals surface area contributed by atoms with Gasteiger partial charge in [-0.15, -0.1) is 0 Å². The second kappa shape index (κ2) is 5.86. The van der Waals surface area contributed by atoms with Gasteiger partial charge in [0.05, 0.1) is 0 Å². The van der Waals surface area contributed by atoms with Gasteiger partial charge in [0.2, 0.25) is 0 Å². The van der Waals surface area contributed by atoms with Crippen LogP contribution < -0.4 is 0 Å². The van der Waals surface area contributed by atoms with Crippen LogP contribution in [-0.4, -0.2) is 54.2 Å². The van der Waals surface area contributed by atoms with Crippen LogP contribution in [0.4, 0.5) is 0 Å². The summed E-state index contributed by atoms with van der Waals surface area (Å²) < 4.78 is 8.81. The Morgan fingerprint density at radius 3 is 2.08 bits per heavy atom. The number of benzene rings is 1. The molecule has 4 rings (SSSR count). The SMILES string of the molecule is CC12N=C(c3ccccc3)C(C(=O)O1)[C]([Sn]([CH3])([CH3])[CH3])=[C]2[Sn]([CH3])([CH3])[CH3]. The van der Waals surface area contributed by atoms with E-state index in [9.17, 15) is 4.79 Å². The normalized spacial score (nSPS) is 27.2. The molecular weight excluding hydrogens is 512 g/mol. The van der Waals surface area contributed by atoms with Crippen LogP contribution in [0.2, 0.25) is 29.6 Å². The summed E-state index contributed by atoms with van der Waals surface area (Å²) >= 11 is -5.01. The van der Waals surface area contributed by atoms with Gasteiger partial charge in [-0.2, -0.15) is 0 Å². The number of aliphatic imine (C=N–C) groups is 1. The van der Waals surface area contributed by atoms with Crippen LogP contribution in [0.15, 0.2) is 42.5 Å². The molecule has 0 amide bonds. The number of dihydropyridines is 1. The number of carbonyl (C=O) groups is 1. The third-order valence-electron chi connectivity index (χ3n) is 4.79. The fraction of sp³-hybridized carbons (Fsp3) is 0.474. The first-order valence-electron chi connectivity index (χ1n) is 8.59. The van der Waals surface area contributed by atoms with E-state index in [0.717, 1.165) is 11.3 Å². The van der Waals surface area contributed by atoms with Crippen LogP contribution in [0.1, 0.15) is 12.5 Å². The Morgan fingerprint density at radius 1 is 1.00 bits per heavy atom. The average Bonchev–Trinajstić information content (AvgIpc) is 2.43. The second-order valence-corrected chi connectivity index (χ2v) is 37.6. The predicted octanol–water partition coefficient (Wildman–Crippen LogP) is 4.43. The van der Waals surface area contributed by atoms with Gasteiger partial charge < -0.3 is 0 Å². The first-order chi connectivity index (χ1) is 11.0. The average molecular weight is 539 g/mol.